The van der Waals surface area contributed by atoms with Crippen molar-refractivity contribution in [2.75, 3.05) is 36.5 Å². The fraction of sp³-hybridized carbons (Fsp3) is 0.389. The van der Waals surface area contributed by atoms with E-state index in [4.69, 9.17) is 9.47 Å². The van der Waals surface area contributed by atoms with Gasteiger partial charge in [-0.25, -0.2) is 9.97 Å². The second kappa shape index (κ2) is 7.38. The van der Waals surface area contributed by atoms with E-state index in [1.807, 2.05) is 0 Å². The average molecular weight is 342 g/mol. The van der Waals surface area contributed by atoms with Crippen LogP contribution in [0, 0.1) is 6.92 Å². The molecular formula is C18H22N4O3. The Bertz CT molecular complexity index is 775. The van der Waals surface area contributed by atoms with Crippen LogP contribution in [0.1, 0.15) is 30.2 Å². The third-order valence-electron chi connectivity index (χ3n) is 3.94. The third-order valence-corrected chi connectivity index (χ3v) is 3.94. The van der Waals surface area contributed by atoms with Crippen LogP contribution >= 0.6 is 0 Å². The molecular weight excluding hydrogens is 320 g/mol. The number of hydrogen-bond acceptors (Lipinski definition) is 6. The number of nitrogens with one attached hydrogen (secondary N) is 1. The molecule has 0 spiro atoms. The van der Waals surface area contributed by atoms with Crippen molar-refractivity contribution in [3.8, 4) is 11.5 Å². The molecule has 0 radical (unpaired) electrons. The summed E-state index contributed by atoms with van der Waals surface area (Å²) in [6.07, 6.45) is 0. The molecule has 3 rings (SSSR count). The molecule has 0 saturated carbocycles. The van der Waals surface area contributed by atoms with Gasteiger partial charge in [0.05, 0.1) is 0 Å². The lowest BCUT2D eigenvalue weighted by Crippen LogP contribution is -2.25. The van der Waals surface area contributed by atoms with Gasteiger partial charge < -0.3 is 19.7 Å². The van der Waals surface area contributed by atoms with Crippen LogP contribution in [-0.2, 0) is 0 Å². The predicted molar refractivity (Wildman–Crippen MR) is 95.7 cm³/mol. The Kier molecular flexibility index (Phi) is 5.02. The number of benzene rings is 1. The molecule has 1 aromatic carbocycles. The smallest absolute Gasteiger partial charge is 0.274 e. The summed E-state index contributed by atoms with van der Waals surface area (Å²) in [6, 6.07) is 7.04. The Labute approximate surface area is 147 Å². The fourth-order valence-electron chi connectivity index (χ4n) is 2.69. The van der Waals surface area contributed by atoms with Crippen molar-refractivity contribution >= 4 is 17.4 Å². The number of aryl methyl sites for hydroxylation is 1. The van der Waals surface area contributed by atoms with E-state index in [9.17, 15) is 4.79 Å². The van der Waals surface area contributed by atoms with E-state index in [0.717, 1.165) is 18.9 Å². The molecule has 0 bridgehead atoms. The van der Waals surface area contributed by atoms with E-state index in [-0.39, 0.29) is 5.91 Å². The second-order valence-electron chi connectivity index (χ2n) is 5.64. The first-order valence-corrected chi connectivity index (χ1v) is 8.42. The number of rotatable bonds is 5. The number of hydrogen-bond donors (Lipinski definition) is 1. The van der Waals surface area contributed by atoms with Gasteiger partial charge in [0, 0.05) is 30.9 Å². The number of amides is 1. The molecule has 25 heavy (non-hydrogen) atoms. The highest BCUT2D eigenvalue weighted by molar-refractivity contribution is 6.03. The van der Waals surface area contributed by atoms with Crippen LogP contribution in [0.5, 0.6) is 11.5 Å². The van der Waals surface area contributed by atoms with Gasteiger partial charge in [0.25, 0.3) is 5.91 Å². The summed E-state index contributed by atoms with van der Waals surface area (Å²) in [5.41, 5.74) is 0.971. The Morgan fingerprint density at radius 2 is 1.84 bits per heavy atom. The Morgan fingerprint density at radius 1 is 1.12 bits per heavy atom. The minimum atomic E-state index is -0.282. The van der Waals surface area contributed by atoms with Crippen LogP contribution in [0.4, 0.5) is 11.5 Å². The first-order valence-electron chi connectivity index (χ1n) is 8.42. The van der Waals surface area contributed by atoms with E-state index >= 15 is 0 Å². The van der Waals surface area contributed by atoms with Crippen molar-refractivity contribution in [3.05, 3.63) is 35.8 Å². The molecule has 0 saturated heterocycles. The maximum Gasteiger partial charge on any atom is 0.274 e. The number of ether oxygens (including phenoxy) is 2. The van der Waals surface area contributed by atoms with Crippen LogP contribution in [0.2, 0.25) is 0 Å². The van der Waals surface area contributed by atoms with E-state index in [1.165, 1.54) is 0 Å². The molecule has 1 aromatic heterocycles. The average Bonchev–Trinajstić information content (AvgIpc) is 2.62. The van der Waals surface area contributed by atoms with Gasteiger partial charge in [-0.2, -0.15) is 0 Å². The van der Waals surface area contributed by atoms with Crippen molar-refractivity contribution in [1.29, 1.82) is 0 Å². The lowest BCUT2D eigenvalue weighted by molar-refractivity contribution is 0.102. The molecule has 0 fully saturated rings. The molecule has 0 unspecified atom stereocenters. The Morgan fingerprint density at radius 3 is 2.56 bits per heavy atom. The van der Waals surface area contributed by atoms with Gasteiger partial charge in [0.15, 0.2) is 11.5 Å². The zero-order valence-electron chi connectivity index (χ0n) is 14.7. The molecule has 2 heterocycles. The van der Waals surface area contributed by atoms with Crippen molar-refractivity contribution in [2.45, 2.75) is 20.8 Å². The van der Waals surface area contributed by atoms with E-state index in [1.54, 1.807) is 31.2 Å². The highest BCUT2D eigenvalue weighted by Crippen LogP contribution is 2.32. The SMILES string of the molecule is CCN(CC)c1cc(C(=O)Nc2ccc3c(c2)OCCO3)nc(C)n1. The van der Waals surface area contributed by atoms with Crippen molar-refractivity contribution in [3.63, 3.8) is 0 Å². The number of carbonyl (C=O) groups excluding carboxylic acids is 1. The summed E-state index contributed by atoms with van der Waals surface area (Å²) in [4.78, 5) is 23.4. The number of carbonyl (C=O) groups is 1. The molecule has 1 aliphatic rings. The largest absolute Gasteiger partial charge is 0.486 e. The maximum atomic E-state index is 12.6. The lowest BCUT2D eigenvalue weighted by atomic mass is 10.2. The fourth-order valence-corrected chi connectivity index (χ4v) is 2.69. The molecule has 7 heteroatoms. The van der Waals surface area contributed by atoms with Crippen molar-refractivity contribution < 1.29 is 14.3 Å². The number of aromatic nitrogens is 2. The van der Waals surface area contributed by atoms with Crippen LogP contribution < -0.4 is 19.7 Å². The van der Waals surface area contributed by atoms with Gasteiger partial charge in [-0.1, -0.05) is 0 Å². The molecule has 7 nitrogen and oxygen atoms in total. The Balaban J connectivity index is 1.81. The second-order valence-corrected chi connectivity index (χ2v) is 5.64. The predicted octanol–water partition coefficient (Wildman–Crippen LogP) is 2.65. The topological polar surface area (TPSA) is 76.6 Å². The number of nitrogens with zero attached hydrogens (tertiary/aromatic N) is 3. The minimum absolute atomic E-state index is 0.282. The zero-order chi connectivity index (χ0) is 17.8. The molecule has 0 aliphatic carbocycles. The molecule has 0 atom stereocenters. The van der Waals surface area contributed by atoms with Crippen molar-refractivity contribution in [1.82, 2.24) is 9.97 Å². The van der Waals surface area contributed by atoms with Gasteiger partial charge in [0.2, 0.25) is 0 Å². The van der Waals surface area contributed by atoms with E-state index in [0.29, 0.717) is 41.9 Å². The molecule has 1 amide bonds. The highest BCUT2D eigenvalue weighted by atomic mass is 16.6. The first kappa shape index (κ1) is 17.0. The summed E-state index contributed by atoms with van der Waals surface area (Å²) < 4.78 is 11.0. The molecule has 1 aliphatic heterocycles. The zero-order valence-corrected chi connectivity index (χ0v) is 14.7. The van der Waals surface area contributed by atoms with Gasteiger partial charge >= 0.3 is 0 Å². The van der Waals surface area contributed by atoms with Crippen LogP contribution in [0.3, 0.4) is 0 Å². The van der Waals surface area contributed by atoms with Crippen LogP contribution in [0.15, 0.2) is 24.3 Å². The standard InChI is InChI=1S/C18H22N4O3/c1-4-22(5-2)17-11-14(19-12(3)20-17)18(23)21-13-6-7-15-16(10-13)25-9-8-24-15/h6-7,10-11H,4-5,8-9H2,1-3H3,(H,21,23). The minimum Gasteiger partial charge on any atom is -0.486 e. The number of anilines is 2. The summed E-state index contributed by atoms with van der Waals surface area (Å²) in [5, 5.41) is 2.85. The van der Waals surface area contributed by atoms with Gasteiger partial charge in [-0.05, 0) is 32.9 Å². The molecule has 1 N–H and O–H groups in total. The van der Waals surface area contributed by atoms with Crippen LogP contribution in [0.25, 0.3) is 0 Å². The summed E-state index contributed by atoms with van der Waals surface area (Å²) in [6.45, 7) is 8.56. The lowest BCUT2D eigenvalue weighted by Gasteiger charge is -2.20. The summed E-state index contributed by atoms with van der Waals surface area (Å²) in [7, 11) is 0. The first-order chi connectivity index (χ1) is 12.1. The van der Waals surface area contributed by atoms with Gasteiger partial charge in [0.1, 0.15) is 30.5 Å². The molecule has 132 valence electrons. The molecule has 2 aromatic rings. The van der Waals surface area contributed by atoms with Gasteiger partial charge in [-0.3, -0.25) is 4.79 Å². The summed E-state index contributed by atoms with van der Waals surface area (Å²) >= 11 is 0. The van der Waals surface area contributed by atoms with Gasteiger partial charge in [-0.15, -0.1) is 0 Å². The van der Waals surface area contributed by atoms with Crippen molar-refractivity contribution in [2.24, 2.45) is 0 Å². The quantitative estimate of drug-likeness (QED) is 0.900. The van der Waals surface area contributed by atoms with E-state index < -0.39 is 0 Å². The maximum absolute atomic E-state index is 12.6. The normalized spacial score (nSPS) is 12.6. The summed E-state index contributed by atoms with van der Waals surface area (Å²) in [5.74, 6) is 2.36. The number of fused-ring (bicyclic) bond motifs is 1. The van der Waals surface area contributed by atoms with Crippen LogP contribution in [-0.4, -0.2) is 42.2 Å². The Hall–Kier alpha value is -2.83. The third kappa shape index (κ3) is 3.81. The van der Waals surface area contributed by atoms with E-state index in [2.05, 4.69) is 34.0 Å². The highest BCUT2D eigenvalue weighted by Gasteiger charge is 2.16. The monoisotopic (exact) mass is 342 g/mol.